The largest absolute Gasteiger partial charge is 0.357 e. The van der Waals surface area contributed by atoms with Crippen LogP contribution in [0.3, 0.4) is 0 Å². The van der Waals surface area contributed by atoms with Crippen LogP contribution in [0.15, 0.2) is 6.33 Å². The van der Waals surface area contributed by atoms with Crippen LogP contribution in [-0.2, 0) is 0 Å². The van der Waals surface area contributed by atoms with Crippen LogP contribution in [0.1, 0.15) is 24.8 Å². The molecule has 2 rings (SSSR count). The first-order valence-corrected chi connectivity index (χ1v) is 6.67. The number of anilines is 2. The average molecular weight is 264 g/mol. The molecule has 3 N–H and O–H groups in total. The van der Waals surface area contributed by atoms with Crippen LogP contribution < -0.4 is 16.2 Å². The fraction of sp³-hybridized carbons (Fsp3) is 0.692. The van der Waals surface area contributed by atoms with E-state index < -0.39 is 0 Å². The van der Waals surface area contributed by atoms with Gasteiger partial charge >= 0.3 is 0 Å². The number of hydrazine groups is 1. The summed E-state index contributed by atoms with van der Waals surface area (Å²) < 4.78 is 0. The van der Waals surface area contributed by atoms with E-state index in [-0.39, 0.29) is 5.54 Å². The molecule has 1 saturated carbocycles. The van der Waals surface area contributed by atoms with E-state index in [0.717, 1.165) is 17.9 Å². The molecule has 0 aromatic carbocycles. The summed E-state index contributed by atoms with van der Waals surface area (Å²) in [7, 11) is 6.40. The van der Waals surface area contributed by atoms with Gasteiger partial charge in [0, 0.05) is 24.7 Å². The van der Waals surface area contributed by atoms with Gasteiger partial charge in [-0.25, -0.2) is 15.8 Å². The van der Waals surface area contributed by atoms with Crippen molar-refractivity contribution in [2.45, 2.75) is 31.7 Å². The van der Waals surface area contributed by atoms with Gasteiger partial charge in [-0.3, -0.25) is 0 Å². The lowest BCUT2D eigenvalue weighted by atomic mass is 9.75. The topological polar surface area (TPSA) is 70.3 Å². The highest BCUT2D eigenvalue weighted by molar-refractivity contribution is 5.57. The minimum atomic E-state index is 0.280. The van der Waals surface area contributed by atoms with Crippen LogP contribution in [0.25, 0.3) is 0 Å². The van der Waals surface area contributed by atoms with Gasteiger partial charge < -0.3 is 15.2 Å². The first-order chi connectivity index (χ1) is 9.00. The van der Waals surface area contributed by atoms with E-state index in [1.165, 1.54) is 19.3 Å². The molecule has 6 heteroatoms. The number of hydrogen-bond acceptors (Lipinski definition) is 6. The fourth-order valence-corrected chi connectivity index (χ4v) is 2.82. The maximum Gasteiger partial charge on any atom is 0.148 e. The molecule has 1 aromatic rings. The normalized spacial score (nSPS) is 17.2. The zero-order chi connectivity index (χ0) is 14.0. The zero-order valence-corrected chi connectivity index (χ0v) is 12.3. The Bertz CT molecular complexity index is 441. The molecule has 6 nitrogen and oxygen atoms in total. The maximum absolute atomic E-state index is 5.47. The summed E-state index contributed by atoms with van der Waals surface area (Å²) in [6, 6.07) is 0. The lowest BCUT2D eigenvalue weighted by molar-refractivity contribution is 0.0681. The molecule has 0 bridgehead atoms. The van der Waals surface area contributed by atoms with Gasteiger partial charge in [0.05, 0.1) is 0 Å². The molecule has 106 valence electrons. The number of likely N-dealkylation sites (N-methyl/N-ethyl adjacent to an activating group) is 2. The van der Waals surface area contributed by atoms with Gasteiger partial charge in [0.1, 0.15) is 18.0 Å². The summed E-state index contributed by atoms with van der Waals surface area (Å²) in [5.41, 5.74) is 3.88. The van der Waals surface area contributed by atoms with E-state index >= 15 is 0 Å². The number of aromatic nitrogens is 2. The third-order valence-corrected chi connectivity index (χ3v) is 4.32. The second kappa shape index (κ2) is 5.30. The van der Waals surface area contributed by atoms with Crippen molar-refractivity contribution in [2.75, 3.05) is 38.0 Å². The third kappa shape index (κ3) is 2.50. The van der Waals surface area contributed by atoms with Crippen LogP contribution in [0.5, 0.6) is 0 Å². The summed E-state index contributed by atoms with van der Waals surface area (Å²) >= 11 is 0. The highest BCUT2D eigenvalue weighted by Gasteiger charge is 2.40. The Morgan fingerprint density at radius 2 is 2.00 bits per heavy atom. The number of nitrogens with one attached hydrogen (secondary N) is 1. The number of nitrogens with zero attached hydrogens (tertiary/aromatic N) is 4. The molecule has 1 heterocycles. The Kier molecular flexibility index (Phi) is 3.91. The van der Waals surface area contributed by atoms with Crippen molar-refractivity contribution < 1.29 is 0 Å². The molecule has 0 saturated heterocycles. The summed E-state index contributed by atoms with van der Waals surface area (Å²) in [6.07, 6.45) is 5.36. The Labute approximate surface area is 115 Å². The number of nitrogens with two attached hydrogens (primary N) is 1. The van der Waals surface area contributed by atoms with E-state index in [9.17, 15) is 0 Å². The molecule has 0 radical (unpaired) electrons. The van der Waals surface area contributed by atoms with E-state index in [1.807, 2.05) is 6.92 Å². The molecule has 1 aliphatic rings. The number of nitrogen functional groups attached to an aromatic ring is 1. The summed E-state index contributed by atoms with van der Waals surface area (Å²) in [6.45, 7) is 2.96. The van der Waals surface area contributed by atoms with Gasteiger partial charge in [0.2, 0.25) is 0 Å². The quantitative estimate of drug-likeness (QED) is 0.610. The Hall–Kier alpha value is -1.40. The zero-order valence-electron chi connectivity index (χ0n) is 12.3. The minimum Gasteiger partial charge on any atom is -0.357 e. The van der Waals surface area contributed by atoms with E-state index in [1.54, 1.807) is 6.33 Å². The van der Waals surface area contributed by atoms with Gasteiger partial charge in [-0.1, -0.05) is 0 Å². The molecule has 1 aromatic heterocycles. The van der Waals surface area contributed by atoms with E-state index in [0.29, 0.717) is 5.82 Å². The third-order valence-electron chi connectivity index (χ3n) is 4.32. The van der Waals surface area contributed by atoms with Gasteiger partial charge in [0.25, 0.3) is 0 Å². The molecule has 19 heavy (non-hydrogen) atoms. The molecule has 0 spiro atoms. The molecule has 0 aliphatic heterocycles. The summed E-state index contributed by atoms with van der Waals surface area (Å²) in [5, 5.41) is 0. The van der Waals surface area contributed by atoms with Crippen LogP contribution in [-0.4, -0.2) is 48.1 Å². The van der Waals surface area contributed by atoms with Crippen molar-refractivity contribution >= 4 is 11.6 Å². The molecule has 0 unspecified atom stereocenters. The van der Waals surface area contributed by atoms with Gasteiger partial charge in [-0.05, 0) is 40.3 Å². The smallest absolute Gasteiger partial charge is 0.148 e. The highest BCUT2D eigenvalue weighted by atomic mass is 15.3. The molecule has 1 aliphatic carbocycles. The molecule has 0 atom stereocenters. The minimum absolute atomic E-state index is 0.280. The van der Waals surface area contributed by atoms with Gasteiger partial charge in [0.15, 0.2) is 0 Å². The van der Waals surface area contributed by atoms with Gasteiger partial charge in [-0.2, -0.15) is 0 Å². The van der Waals surface area contributed by atoms with Crippen LogP contribution in [0, 0.1) is 6.92 Å². The Balaban J connectivity index is 2.18. The highest BCUT2D eigenvalue weighted by Crippen LogP contribution is 2.37. The van der Waals surface area contributed by atoms with E-state index in [4.69, 9.17) is 5.84 Å². The Morgan fingerprint density at radius 3 is 2.47 bits per heavy atom. The van der Waals surface area contributed by atoms with Crippen molar-refractivity contribution in [3.05, 3.63) is 11.9 Å². The predicted octanol–water partition coefficient (Wildman–Crippen LogP) is 0.991. The van der Waals surface area contributed by atoms with Crippen LogP contribution in [0.2, 0.25) is 0 Å². The van der Waals surface area contributed by atoms with E-state index in [2.05, 4.69) is 46.3 Å². The Morgan fingerprint density at radius 1 is 1.32 bits per heavy atom. The summed E-state index contributed by atoms with van der Waals surface area (Å²) in [5.74, 6) is 7.09. The standard InChI is InChI=1S/C13H24N6/c1-10-11(17-14)15-9-16-12(10)19(4)8-13(18(2)3)6-5-7-13/h9H,5-8,14H2,1-4H3,(H,15,16,17). The molecular weight excluding hydrogens is 240 g/mol. The van der Waals surface area contributed by atoms with Crippen molar-refractivity contribution in [2.24, 2.45) is 5.84 Å². The lowest BCUT2D eigenvalue weighted by Crippen LogP contribution is -2.57. The fourth-order valence-electron chi connectivity index (χ4n) is 2.82. The first kappa shape index (κ1) is 14.0. The predicted molar refractivity (Wildman–Crippen MR) is 78.1 cm³/mol. The maximum atomic E-state index is 5.47. The second-order valence-electron chi connectivity index (χ2n) is 5.64. The van der Waals surface area contributed by atoms with Crippen molar-refractivity contribution in [1.29, 1.82) is 0 Å². The van der Waals surface area contributed by atoms with Crippen LogP contribution in [0.4, 0.5) is 11.6 Å². The monoisotopic (exact) mass is 264 g/mol. The van der Waals surface area contributed by atoms with Crippen LogP contribution >= 0.6 is 0 Å². The first-order valence-electron chi connectivity index (χ1n) is 6.67. The SMILES string of the molecule is Cc1c(NN)ncnc1N(C)CC1(N(C)C)CCC1. The van der Waals surface area contributed by atoms with Gasteiger partial charge in [-0.15, -0.1) is 0 Å². The molecule has 1 fully saturated rings. The van der Waals surface area contributed by atoms with Crippen molar-refractivity contribution in [1.82, 2.24) is 14.9 Å². The summed E-state index contributed by atoms with van der Waals surface area (Å²) in [4.78, 5) is 13.1. The van der Waals surface area contributed by atoms with Crippen molar-refractivity contribution in [3.8, 4) is 0 Å². The lowest BCUT2D eigenvalue weighted by Gasteiger charge is -2.49. The molecule has 0 amide bonds. The van der Waals surface area contributed by atoms with Crippen molar-refractivity contribution in [3.63, 3.8) is 0 Å². The number of rotatable bonds is 5. The second-order valence-corrected chi connectivity index (χ2v) is 5.64. The molecular formula is C13H24N6. The average Bonchev–Trinajstić information content (AvgIpc) is 2.33. The number of hydrogen-bond donors (Lipinski definition) is 2.